The molecule has 1 aliphatic rings. The lowest BCUT2D eigenvalue weighted by Crippen LogP contribution is -2.51. The lowest BCUT2D eigenvalue weighted by molar-refractivity contribution is 0.144. The van der Waals surface area contributed by atoms with E-state index in [1.807, 2.05) is 0 Å². The van der Waals surface area contributed by atoms with Crippen molar-refractivity contribution >= 4 is 0 Å². The van der Waals surface area contributed by atoms with Gasteiger partial charge in [-0.25, -0.2) is 0 Å². The van der Waals surface area contributed by atoms with Crippen LogP contribution in [0.3, 0.4) is 0 Å². The largest absolute Gasteiger partial charge is 0.292 e. The minimum absolute atomic E-state index is 0.469. The highest BCUT2D eigenvalue weighted by Crippen LogP contribution is 2.18. The van der Waals surface area contributed by atoms with Crippen molar-refractivity contribution in [2.45, 2.75) is 13.0 Å². The van der Waals surface area contributed by atoms with Crippen LogP contribution in [0.4, 0.5) is 0 Å². The van der Waals surface area contributed by atoms with E-state index >= 15 is 0 Å². The number of nitrogens with one attached hydrogen (secondary N) is 2. The maximum absolute atomic E-state index is 3.30. The number of nitrogens with zero attached hydrogens (tertiary/aromatic N) is 1. The Morgan fingerprint density at radius 2 is 1.79 bits per heavy atom. The summed E-state index contributed by atoms with van der Waals surface area (Å²) in [6, 6.07) is 11.1. The van der Waals surface area contributed by atoms with Crippen molar-refractivity contribution in [1.29, 1.82) is 0 Å². The Balaban J connectivity index is 2.03. The monoisotopic (exact) mass is 191 g/mol. The smallest absolute Gasteiger partial charge is 0.0508 e. The van der Waals surface area contributed by atoms with Crippen molar-refractivity contribution in [1.82, 2.24) is 15.5 Å². The van der Waals surface area contributed by atoms with Gasteiger partial charge in [-0.05, 0) is 12.5 Å². The van der Waals surface area contributed by atoms with Crippen LogP contribution in [0.1, 0.15) is 18.5 Å². The number of hydrogen-bond acceptors (Lipinski definition) is 3. The fraction of sp³-hybridized carbons (Fsp3) is 0.455. The molecule has 0 spiro atoms. The zero-order valence-electron chi connectivity index (χ0n) is 8.53. The van der Waals surface area contributed by atoms with E-state index in [4.69, 9.17) is 0 Å². The molecule has 1 aromatic rings. The van der Waals surface area contributed by atoms with Gasteiger partial charge in [0.1, 0.15) is 0 Å². The Morgan fingerprint density at radius 3 is 2.43 bits per heavy atom. The van der Waals surface area contributed by atoms with Gasteiger partial charge in [-0.1, -0.05) is 30.3 Å². The summed E-state index contributed by atoms with van der Waals surface area (Å²) >= 11 is 0. The molecule has 1 saturated heterocycles. The van der Waals surface area contributed by atoms with E-state index in [-0.39, 0.29) is 0 Å². The quantitative estimate of drug-likeness (QED) is 0.733. The second-order valence-electron chi connectivity index (χ2n) is 3.67. The minimum Gasteiger partial charge on any atom is -0.292 e. The van der Waals surface area contributed by atoms with Gasteiger partial charge in [-0.2, -0.15) is 0 Å². The first-order valence-electron chi connectivity index (χ1n) is 5.08. The molecule has 1 heterocycles. The summed E-state index contributed by atoms with van der Waals surface area (Å²) in [4.78, 5) is 2.37. The molecule has 3 nitrogen and oxygen atoms in total. The first-order chi connectivity index (χ1) is 6.88. The van der Waals surface area contributed by atoms with E-state index < -0.39 is 0 Å². The standard InChI is InChI=1S/C11H17N3/c1-10(11-5-3-2-4-6-11)14-8-12-7-13-9-14/h2-6,10,12-13H,7-9H2,1H3. The molecular weight excluding hydrogens is 174 g/mol. The van der Waals surface area contributed by atoms with Gasteiger partial charge in [0.2, 0.25) is 0 Å². The van der Waals surface area contributed by atoms with E-state index in [2.05, 4.69) is 52.8 Å². The Hall–Kier alpha value is -0.900. The van der Waals surface area contributed by atoms with E-state index in [1.54, 1.807) is 0 Å². The molecule has 1 fully saturated rings. The molecule has 2 N–H and O–H groups in total. The highest BCUT2D eigenvalue weighted by atomic mass is 15.4. The topological polar surface area (TPSA) is 27.3 Å². The van der Waals surface area contributed by atoms with Gasteiger partial charge < -0.3 is 0 Å². The fourth-order valence-electron chi connectivity index (χ4n) is 1.76. The van der Waals surface area contributed by atoms with Gasteiger partial charge in [-0.3, -0.25) is 15.5 Å². The molecule has 14 heavy (non-hydrogen) atoms. The molecular formula is C11H17N3. The predicted octanol–water partition coefficient (Wildman–Crippen LogP) is 1.11. The van der Waals surface area contributed by atoms with E-state index in [0.29, 0.717) is 6.04 Å². The van der Waals surface area contributed by atoms with Gasteiger partial charge >= 0.3 is 0 Å². The van der Waals surface area contributed by atoms with Crippen LogP contribution < -0.4 is 10.6 Å². The van der Waals surface area contributed by atoms with Crippen LogP contribution in [-0.4, -0.2) is 24.9 Å². The Labute approximate surface area is 85.1 Å². The molecule has 1 aliphatic heterocycles. The first-order valence-corrected chi connectivity index (χ1v) is 5.08. The average molecular weight is 191 g/mol. The van der Waals surface area contributed by atoms with E-state index in [0.717, 1.165) is 20.0 Å². The van der Waals surface area contributed by atoms with E-state index in [9.17, 15) is 0 Å². The molecule has 0 amide bonds. The highest BCUT2D eigenvalue weighted by Gasteiger charge is 2.16. The molecule has 2 rings (SSSR count). The molecule has 0 radical (unpaired) electrons. The molecule has 0 saturated carbocycles. The molecule has 0 aromatic heterocycles. The van der Waals surface area contributed by atoms with Crippen LogP contribution in [0.15, 0.2) is 30.3 Å². The zero-order valence-corrected chi connectivity index (χ0v) is 8.53. The summed E-state index contributed by atoms with van der Waals surface area (Å²) in [7, 11) is 0. The molecule has 0 bridgehead atoms. The van der Waals surface area contributed by atoms with Crippen LogP contribution in [0.5, 0.6) is 0 Å². The van der Waals surface area contributed by atoms with Gasteiger partial charge in [0.05, 0.1) is 13.3 Å². The normalized spacial score (nSPS) is 20.6. The molecule has 1 atom stereocenters. The van der Waals surface area contributed by atoms with Crippen LogP contribution in [0, 0.1) is 0 Å². The predicted molar refractivity (Wildman–Crippen MR) is 57.6 cm³/mol. The Kier molecular flexibility index (Phi) is 3.14. The molecule has 3 heteroatoms. The summed E-state index contributed by atoms with van der Waals surface area (Å²) in [6.45, 7) is 5.08. The van der Waals surface area contributed by atoms with Crippen LogP contribution in [0.2, 0.25) is 0 Å². The Bertz CT molecular complexity index is 267. The van der Waals surface area contributed by atoms with Crippen molar-refractivity contribution < 1.29 is 0 Å². The molecule has 76 valence electrons. The second-order valence-corrected chi connectivity index (χ2v) is 3.67. The maximum atomic E-state index is 3.30. The van der Waals surface area contributed by atoms with Crippen molar-refractivity contribution in [3.05, 3.63) is 35.9 Å². The van der Waals surface area contributed by atoms with Gasteiger partial charge in [-0.15, -0.1) is 0 Å². The fourth-order valence-corrected chi connectivity index (χ4v) is 1.76. The van der Waals surface area contributed by atoms with Crippen LogP contribution >= 0.6 is 0 Å². The summed E-state index contributed by atoms with van der Waals surface area (Å²) in [5, 5.41) is 6.60. The van der Waals surface area contributed by atoms with Crippen molar-refractivity contribution in [2.75, 3.05) is 20.0 Å². The van der Waals surface area contributed by atoms with Gasteiger partial charge in [0, 0.05) is 12.7 Å². The minimum atomic E-state index is 0.469. The number of hydrogen-bond donors (Lipinski definition) is 2. The number of benzene rings is 1. The third-order valence-electron chi connectivity index (χ3n) is 2.71. The maximum Gasteiger partial charge on any atom is 0.0508 e. The van der Waals surface area contributed by atoms with E-state index in [1.165, 1.54) is 5.56 Å². The lowest BCUT2D eigenvalue weighted by Gasteiger charge is -2.33. The summed E-state index contributed by atoms with van der Waals surface area (Å²) < 4.78 is 0. The first kappa shape index (κ1) is 9.65. The summed E-state index contributed by atoms with van der Waals surface area (Å²) in [5.41, 5.74) is 1.37. The van der Waals surface area contributed by atoms with Crippen LogP contribution in [-0.2, 0) is 0 Å². The van der Waals surface area contributed by atoms with Crippen molar-refractivity contribution in [2.24, 2.45) is 0 Å². The second kappa shape index (κ2) is 4.55. The van der Waals surface area contributed by atoms with Crippen molar-refractivity contribution in [3.8, 4) is 0 Å². The summed E-state index contributed by atoms with van der Waals surface area (Å²) in [5.74, 6) is 0. The highest BCUT2D eigenvalue weighted by molar-refractivity contribution is 5.18. The Morgan fingerprint density at radius 1 is 1.14 bits per heavy atom. The lowest BCUT2D eigenvalue weighted by atomic mass is 10.1. The zero-order chi connectivity index (χ0) is 9.80. The van der Waals surface area contributed by atoms with Gasteiger partial charge in [0.25, 0.3) is 0 Å². The van der Waals surface area contributed by atoms with Crippen LogP contribution in [0.25, 0.3) is 0 Å². The molecule has 1 aromatic carbocycles. The third-order valence-corrected chi connectivity index (χ3v) is 2.71. The average Bonchev–Trinajstić information content (AvgIpc) is 2.30. The summed E-state index contributed by atoms with van der Waals surface area (Å²) in [6.07, 6.45) is 0. The number of rotatable bonds is 2. The molecule has 0 aliphatic carbocycles. The SMILES string of the molecule is CC(c1ccccc1)N1CNCNC1. The third kappa shape index (κ3) is 2.12. The van der Waals surface area contributed by atoms with Gasteiger partial charge in [0.15, 0.2) is 0 Å². The molecule has 1 unspecified atom stereocenters. The van der Waals surface area contributed by atoms with Crippen molar-refractivity contribution in [3.63, 3.8) is 0 Å².